The van der Waals surface area contributed by atoms with Gasteiger partial charge in [0.15, 0.2) is 12.6 Å². The quantitative estimate of drug-likeness (QED) is 0.0263. The molecule has 14 atom stereocenters. The Kier molecular flexibility index (Phi) is 41.3. The van der Waals surface area contributed by atoms with Crippen LogP contribution in [0.1, 0.15) is 264 Å². The fourth-order valence-electron chi connectivity index (χ4n) is 11.3. The summed E-state index contributed by atoms with van der Waals surface area (Å²) in [7, 11) is 0. The maximum atomic E-state index is 6.86. The first-order valence-corrected chi connectivity index (χ1v) is 29.6. The molecule has 14 unspecified atom stereocenters. The number of alkyl halides is 2. The van der Waals surface area contributed by atoms with Crippen LogP contribution >= 0.6 is 45.2 Å². The van der Waals surface area contributed by atoms with Gasteiger partial charge in [0.1, 0.15) is 0 Å². The normalized spacial score (nSPS) is 19.3. The average molecular weight is 1090 g/mol. The zero-order valence-electron chi connectivity index (χ0n) is 43.9. The van der Waals surface area contributed by atoms with E-state index in [0.29, 0.717) is 0 Å². The molecule has 0 bridgehead atoms. The molecule has 0 rings (SSSR count). The van der Waals surface area contributed by atoms with Crippen LogP contribution < -0.4 is 0 Å². The van der Waals surface area contributed by atoms with Gasteiger partial charge in [-0.15, -0.1) is 0 Å². The van der Waals surface area contributed by atoms with E-state index in [1.54, 1.807) is 0 Å². The van der Waals surface area contributed by atoms with Crippen LogP contribution in [0.25, 0.3) is 0 Å². The molecule has 0 aromatic rings. The van der Waals surface area contributed by atoms with E-state index < -0.39 is 0 Å². The molecular formula is C56H112I2O3. The van der Waals surface area contributed by atoms with Crippen molar-refractivity contribution in [2.24, 2.45) is 59.2 Å². The number of hydrogen-bond acceptors (Lipinski definition) is 3. The van der Waals surface area contributed by atoms with Gasteiger partial charge < -0.3 is 14.2 Å². The van der Waals surface area contributed by atoms with Crippen molar-refractivity contribution in [2.45, 2.75) is 284 Å². The lowest BCUT2D eigenvalue weighted by Gasteiger charge is -2.27. The zero-order valence-corrected chi connectivity index (χ0v) is 48.2. The highest BCUT2D eigenvalue weighted by Gasteiger charge is 2.22. The summed E-state index contributed by atoms with van der Waals surface area (Å²) >= 11 is 5.18. The molecule has 0 fully saturated rings. The van der Waals surface area contributed by atoms with Crippen LogP contribution in [-0.2, 0) is 14.2 Å². The molecule has 0 radical (unpaired) electrons. The Morgan fingerprint density at radius 2 is 0.557 bits per heavy atom. The first-order chi connectivity index (χ1) is 28.9. The molecule has 0 aliphatic heterocycles. The summed E-state index contributed by atoms with van der Waals surface area (Å²) < 4.78 is 21.6. The summed E-state index contributed by atoms with van der Waals surface area (Å²) in [6.07, 6.45) is 32.7. The van der Waals surface area contributed by atoms with Crippen LogP contribution in [0.15, 0.2) is 0 Å². The molecule has 0 aliphatic rings. The van der Waals surface area contributed by atoms with Crippen LogP contribution in [0.5, 0.6) is 0 Å². The third-order valence-corrected chi connectivity index (χ3v) is 14.6. The highest BCUT2D eigenvalue weighted by molar-refractivity contribution is 14.1. The van der Waals surface area contributed by atoms with Crippen molar-refractivity contribution in [3.63, 3.8) is 0 Å². The van der Waals surface area contributed by atoms with E-state index in [1.807, 2.05) is 0 Å². The van der Waals surface area contributed by atoms with Crippen molar-refractivity contribution in [2.75, 3.05) is 13.2 Å². The van der Waals surface area contributed by atoms with Crippen molar-refractivity contribution in [3.05, 3.63) is 0 Å². The fraction of sp³-hybridized carbons (Fsp3) is 1.00. The Labute approximate surface area is 413 Å². The third-order valence-electron chi connectivity index (χ3n) is 13.6. The Morgan fingerprint density at radius 1 is 0.295 bits per heavy atom. The van der Waals surface area contributed by atoms with Crippen LogP contribution in [0.4, 0.5) is 0 Å². The van der Waals surface area contributed by atoms with Crippen molar-refractivity contribution < 1.29 is 14.2 Å². The summed E-state index contributed by atoms with van der Waals surface area (Å²) in [6, 6.07) is 0. The number of hydrogen-bond donors (Lipinski definition) is 0. The second-order valence-electron chi connectivity index (χ2n) is 22.4. The van der Waals surface area contributed by atoms with Gasteiger partial charge in [-0.2, -0.15) is 0 Å². The van der Waals surface area contributed by atoms with Gasteiger partial charge >= 0.3 is 0 Å². The first kappa shape index (κ1) is 62.3. The average Bonchev–Trinajstić information content (AvgIpc) is 3.12. The molecule has 368 valence electrons. The molecule has 0 N–H and O–H groups in total. The Balaban J connectivity index is 5.23. The molecular weight excluding hydrogens is 974 g/mol. The predicted octanol–water partition coefficient (Wildman–Crippen LogP) is 19.9. The molecule has 0 saturated heterocycles. The number of rotatable bonds is 44. The van der Waals surface area contributed by atoms with E-state index >= 15 is 0 Å². The Bertz CT molecular complexity index is 858. The van der Waals surface area contributed by atoms with E-state index in [4.69, 9.17) is 14.2 Å². The second kappa shape index (κ2) is 40.4. The lowest BCUT2D eigenvalue weighted by Crippen LogP contribution is -2.28. The van der Waals surface area contributed by atoms with E-state index in [0.717, 1.165) is 106 Å². The second-order valence-corrected chi connectivity index (χ2v) is 26.7. The molecule has 0 amide bonds. The minimum Gasteiger partial charge on any atom is -0.353 e. The summed E-state index contributed by atoms with van der Waals surface area (Å²) in [5.41, 5.74) is 0. The molecule has 61 heavy (non-hydrogen) atoms. The van der Waals surface area contributed by atoms with Crippen molar-refractivity contribution in [1.29, 1.82) is 0 Å². The standard InChI is InChI=1S/C56H112I2O3/c1-15-17-19-21-23-31-59-55(29-25-27-43(3)33-45(5)35-47(7)37-49(9)39-51(11)41-53(13)57)61-56(60-32-24-22-20-18-16-2)30-26-28-44(4)34-46(6)36-48(8)38-50(10)40-52(12)42-54(14)58/h43-56H,15-42H2,1-14H3. The van der Waals surface area contributed by atoms with Gasteiger partial charge in [0, 0.05) is 21.1 Å². The minimum atomic E-state index is -0.158. The van der Waals surface area contributed by atoms with E-state index in [-0.39, 0.29) is 12.6 Å². The molecule has 0 saturated carbocycles. The maximum Gasteiger partial charge on any atom is 0.160 e. The van der Waals surface area contributed by atoms with Crippen LogP contribution in [-0.4, -0.2) is 33.6 Å². The number of ether oxygens (including phenoxy) is 3. The van der Waals surface area contributed by atoms with Crippen LogP contribution in [0, 0.1) is 59.2 Å². The topological polar surface area (TPSA) is 27.7 Å². The number of halogens is 2. The molecule has 5 heteroatoms. The van der Waals surface area contributed by atoms with E-state index in [1.165, 1.54) is 141 Å². The van der Waals surface area contributed by atoms with Gasteiger partial charge in [-0.3, -0.25) is 0 Å². The summed E-state index contributed by atoms with van der Waals surface area (Å²) in [5.74, 6) is 8.04. The van der Waals surface area contributed by atoms with E-state index in [2.05, 4.69) is 142 Å². The third kappa shape index (κ3) is 40.2. The van der Waals surface area contributed by atoms with Crippen LogP contribution in [0.3, 0.4) is 0 Å². The van der Waals surface area contributed by atoms with Crippen molar-refractivity contribution in [3.8, 4) is 0 Å². The van der Waals surface area contributed by atoms with E-state index in [9.17, 15) is 0 Å². The van der Waals surface area contributed by atoms with Crippen molar-refractivity contribution >= 4 is 45.2 Å². The van der Waals surface area contributed by atoms with Gasteiger partial charge in [-0.25, -0.2) is 0 Å². The molecule has 3 nitrogen and oxygen atoms in total. The van der Waals surface area contributed by atoms with Gasteiger partial charge in [-0.05, 0) is 162 Å². The molecule has 0 aliphatic carbocycles. The van der Waals surface area contributed by atoms with Gasteiger partial charge in [-0.1, -0.05) is 206 Å². The lowest BCUT2D eigenvalue weighted by atomic mass is 9.82. The number of unbranched alkanes of at least 4 members (excludes halogenated alkanes) is 8. The van der Waals surface area contributed by atoms with Crippen LogP contribution in [0.2, 0.25) is 0 Å². The zero-order chi connectivity index (χ0) is 46.0. The molecule has 0 aromatic heterocycles. The SMILES string of the molecule is CCCCCCCOC(CCCC(C)CC(C)CC(C)CC(C)CC(C)CC(C)I)OC(CCCC(C)CC(C)CC(C)CC(C)CC(C)CC(C)I)OCCCCCCC. The molecule has 0 spiro atoms. The van der Waals surface area contributed by atoms with Crippen molar-refractivity contribution in [1.82, 2.24) is 0 Å². The highest BCUT2D eigenvalue weighted by Crippen LogP contribution is 2.32. The summed E-state index contributed by atoms with van der Waals surface area (Å²) in [5, 5.41) is 0. The Hall–Kier alpha value is 1.34. The smallest absolute Gasteiger partial charge is 0.160 e. The summed E-state index contributed by atoms with van der Waals surface area (Å²) in [6.45, 7) is 35.8. The lowest BCUT2D eigenvalue weighted by molar-refractivity contribution is -0.250. The minimum absolute atomic E-state index is 0.158. The van der Waals surface area contributed by atoms with Gasteiger partial charge in [0.25, 0.3) is 0 Å². The predicted molar refractivity (Wildman–Crippen MR) is 291 cm³/mol. The molecule has 0 aromatic carbocycles. The van der Waals surface area contributed by atoms with Gasteiger partial charge in [0.05, 0.1) is 0 Å². The van der Waals surface area contributed by atoms with Gasteiger partial charge in [0.2, 0.25) is 0 Å². The summed E-state index contributed by atoms with van der Waals surface area (Å²) in [4.78, 5) is 0. The first-order valence-electron chi connectivity index (χ1n) is 27.1. The largest absolute Gasteiger partial charge is 0.353 e. The highest BCUT2D eigenvalue weighted by atomic mass is 127. The Morgan fingerprint density at radius 3 is 0.836 bits per heavy atom. The maximum absolute atomic E-state index is 6.86. The monoisotopic (exact) mass is 1090 g/mol. The fourth-order valence-corrected chi connectivity index (χ4v) is 13.0. The molecule has 0 heterocycles.